The van der Waals surface area contributed by atoms with Crippen molar-refractivity contribution in [3.8, 4) is 0 Å². The maximum absolute atomic E-state index is 10.4. The van der Waals surface area contributed by atoms with Gasteiger partial charge in [0, 0.05) is 44.7 Å². The van der Waals surface area contributed by atoms with Gasteiger partial charge < -0.3 is 19.9 Å². The molecule has 3 atom stereocenters. The van der Waals surface area contributed by atoms with Crippen molar-refractivity contribution in [2.75, 3.05) is 29.9 Å². The molecular weight excluding hydrogens is 318 g/mol. The molecule has 4 rings (SSSR count). The fourth-order valence-corrected chi connectivity index (χ4v) is 3.97. The topological polar surface area (TPSA) is 92.0 Å². The van der Waals surface area contributed by atoms with Crippen LogP contribution >= 0.6 is 0 Å². The summed E-state index contributed by atoms with van der Waals surface area (Å²) in [4.78, 5) is 11.2. The van der Waals surface area contributed by atoms with Crippen molar-refractivity contribution in [2.45, 2.75) is 37.7 Å². The molecule has 2 aromatic heterocycles. The first-order valence-corrected chi connectivity index (χ1v) is 9.04. The van der Waals surface area contributed by atoms with Crippen molar-refractivity contribution in [3.05, 3.63) is 24.4 Å². The monoisotopic (exact) mass is 343 g/mol. The average Bonchev–Trinajstić information content (AvgIpc) is 3.34. The third-order valence-corrected chi connectivity index (χ3v) is 5.36. The summed E-state index contributed by atoms with van der Waals surface area (Å²) in [5.41, 5.74) is 0. The van der Waals surface area contributed by atoms with Gasteiger partial charge in [-0.25, -0.2) is 4.98 Å². The highest BCUT2D eigenvalue weighted by atomic mass is 16.3. The number of aromatic nitrogens is 5. The van der Waals surface area contributed by atoms with Crippen LogP contribution in [0.25, 0.3) is 0 Å². The van der Waals surface area contributed by atoms with Crippen LogP contribution in [0.3, 0.4) is 0 Å². The molecule has 0 bridgehead atoms. The molecule has 2 aliphatic rings. The fraction of sp³-hybridized carbons (Fsp3) is 0.647. The molecule has 25 heavy (non-hydrogen) atoms. The van der Waals surface area contributed by atoms with Gasteiger partial charge in [0.05, 0.1) is 6.10 Å². The van der Waals surface area contributed by atoms with E-state index in [1.54, 1.807) is 12.5 Å². The molecule has 1 saturated carbocycles. The van der Waals surface area contributed by atoms with E-state index in [1.807, 2.05) is 17.7 Å². The summed E-state index contributed by atoms with van der Waals surface area (Å²) >= 11 is 0. The SMILES string of the molecule is Cn1cnnc1[C@H]1C[C@H](CNc2nccc(N3CCCC3)n2)[C@H](O)C1. The Balaban J connectivity index is 1.37. The van der Waals surface area contributed by atoms with Crippen LogP contribution in [0.5, 0.6) is 0 Å². The molecule has 3 heterocycles. The van der Waals surface area contributed by atoms with Gasteiger partial charge in [-0.3, -0.25) is 0 Å². The summed E-state index contributed by atoms with van der Waals surface area (Å²) in [5, 5.41) is 21.9. The molecule has 2 aromatic rings. The second kappa shape index (κ2) is 6.95. The molecule has 0 spiro atoms. The minimum absolute atomic E-state index is 0.167. The lowest BCUT2D eigenvalue weighted by atomic mass is 10.0. The third-order valence-electron chi connectivity index (χ3n) is 5.36. The minimum atomic E-state index is -0.337. The standard InChI is InChI=1S/C17H25N7O/c1-23-11-20-22-16(23)12-8-13(14(25)9-12)10-19-17-18-5-4-15(21-17)24-6-2-3-7-24/h4-5,11-14,25H,2-3,6-10H2,1H3,(H,18,19,21)/t12-,13+,14+/m0/s1. The number of aryl methyl sites for hydroxylation is 1. The molecule has 8 nitrogen and oxygen atoms in total. The number of aliphatic hydroxyl groups is 1. The first-order valence-electron chi connectivity index (χ1n) is 9.04. The van der Waals surface area contributed by atoms with Crippen LogP contribution in [0.15, 0.2) is 18.6 Å². The van der Waals surface area contributed by atoms with Gasteiger partial charge in [0.2, 0.25) is 5.95 Å². The van der Waals surface area contributed by atoms with Crippen molar-refractivity contribution in [3.63, 3.8) is 0 Å². The van der Waals surface area contributed by atoms with Gasteiger partial charge in [-0.2, -0.15) is 4.98 Å². The molecule has 0 radical (unpaired) electrons. The molecule has 0 aromatic carbocycles. The molecule has 8 heteroatoms. The van der Waals surface area contributed by atoms with Crippen LogP contribution < -0.4 is 10.2 Å². The second-order valence-corrected chi connectivity index (χ2v) is 7.11. The Morgan fingerprint density at radius 1 is 1.28 bits per heavy atom. The van der Waals surface area contributed by atoms with E-state index in [0.717, 1.165) is 37.6 Å². The van der Waals surface area contributed by atoms with Gasteiger partial charge >= 0.3 is 0 Å². The summed E-state index contributed by atoms with van der Waals surface area (Å²) < 4.78 is 1.94. The number of nitrogens with one attached hydrogen (secondary N) is 1. The quantitative estimate of drug-likeness (QED) is 0.842. The maximum atomic E-state index is 10.4. The van der Waals surface area contributed by atoms with E-state index in [4.69, 9.17) is 0 Å². The third kappa shape index (κ3) is 3.44. The van der Waals surface area contributed by atoms with E-state index in [-0.39, 0.29) is 17.9 Å². The van der Waals surface area contributed by atoms with Gasteiger partial charge in [0.1, 0.15) is 18.0 Å². The van der Waals surface area contributed by atoms with E-state index in [1.165, 1.54) is 12.8 Å². The van der Waals surface area contributed by atoms with Crippen molar-refractivity contribution >= 4 is 11.8 Å². The van der Waals surface area contributed by atoms with Gasteiger partial charge in [-0.15, -0.1) is 10.2 Å². The smallest absolute Gasteiger partial charge is 0.224 e. The predicted octanol–water partition coefficient (Wildman–Crippen LogP) is 1.17. The molecule has 2 fully saturated rings. The number of anilines is 2. The van der Waals surface area contributed by atoms with Crippen molar-refractivity contribution in [2.24, 2.45) is 13.0 Å². The van der Waals surface area contributed by atoms with Crippen LogP contribution in [0.2, 0.25) is 0 Å². The highest BCUT2D eigenvalue weighted by molar-refractivity contribution is 5.43. The molecule has 134 valence electrons. The second-order valence-electron chi connectivity index (χ2n) is 7.11. The zero-order valence-corrected chi connectivity index (χ0v) is 14.5. The molecule has 2 N–H and O–H groups in total. The summed E-state index contributed by atoms with van der Waals surface area (Å²) in [7, 11) is 1.95. The van der Waals surface area contributed by atoms with Crippen LogP contribution in [0.4, 0.5) is 11.8 Å². The number of rotatable bonds is 5. The van der Waals surface area contributed by atoms with Crippen molar-refractivity contribution in [1.82, 2.24) is 24.7 Å². The van der Waals surface area contributed by atoms with Gasteiger partial charge in [0.15, 0.2) is 0 Å². The van der Waals surface area contributed by atoms with E-state index >= 15 is 0 Å². The Bertz CT molecular complexity index is 713. The van der Waals surface area contributed by atoms with E-state index < -0.39 is 0 Å². The highest BCUT2D eigenvalue weighted by Crippen LogP contribution is 2.37. The van der Waals surface area contributed by atoms with E-state index in [0.29, 0.717) is 12.5 Å². The number of nitrogens with zero attached hydrogens (tertiary/aromatic N) is 6. The maximum Gasteiger partial charge on any atom is 0.224 e. The lowest BCUT2D eigenvalue weighted by molar-refractivity contribution is 0.137. The average molecular weight is 343 g/mol. The Kier molecular flexibility index (Phi) is 4.52. The molecule has 1 aliphatic heterocycles. The molecule has 0 unspecified atom stereocenters. The molecule has 0 amide bonds. The number of hydrogen-bond donors (Lipinski definition) is 2. The van der Waals surface area contributed by atoms with Crippen LogP contribution in [-0.4, -0.2) is 55.6 Å². The Morgan fingerprint density at radius 3 is 2.88 bits per heavy atom. The van der Waals surface area contributed by atoms with E-state index in [2.05, 4.69) is 30.4 Å². The minimum Gasteiger partial charge on any atom is -0.393 e. The zero-order valence-electron chi connectivity index (χ0n) is 14.5. The lowest BCUT2D eigenvalue weighted by Crippen LogP contribution is -2.23. The lowest BCUT2D eigenvalue weighted by Gasteiger charge is -2.18. The Morgan fingerprint density at radius 2 is 2.12 bits per heavy atom. The fourth-order valence-electron chi connectivity index (χ4n) is 3.97. The van der Waals surface area contributed by atoms with Gasteiger partial charge in [-0.05, 0) is 31.7 Å². The van der Waals surface area contributed by atoms with Crippen molar-refractivity contribution < 1.29 is 5.11 Å². The van der Waals surface area contributed by atoms with Gasteiger partial charge in [-0.1, -0.05) is 0 Å². The normalized spacial score (nSPS) is 26.3. The molecule has 1 aliphatic carbocycles. The molecule has 1 saturated heterocycles. The van der Waals surface area contributed by atoms with Crippen LogP contribution in [0.1, 0.15) is 37.4 Å². The summed E-state index contributed by atoms with van der Waals surface area (Å²) in [5.74, 6) is 3.00. The van der Waals surface area contributed by atoms with Crippen LogP contribution in [0, 0.1) is 5.92 Å². The summed E-state index contributed by atoms with van der Waals surface area (Å²) in [6.45, 7) is 2.80. The first kappa shape index (κ1) is 16.3. The van der Waals surface area contributed by atoms with Crippen LogP contribution in [-0.2, 0) is 7.05 Å². The Labute approximate surface area is 147 Å². The Hall–Kier alpha value is -2.22. The number of hydrogen-bond acceptors (Lipinski definition) is 7. The summed E-state index contributed by atoms with van der Waals surface area (Å²) in [6, 6.07) is 1.96. The van der Waals surface area contributed by atoms with Crippen molar-refractivity contribution in [1.29, 1.82) is 0 Å². The predicted molar refractivity (Wildman–Crippen MR) is 94.4 cm³/mol. The summed E-state index contributed by atoms with van der Waals surface area (Å²) in [6.07, 6.45) is 7.26. The highest BCUT2D eigenvalue weighted by Gasteiger charge is 2.35. The zero-order chi connectivity index (χ0) is 17.2. The largest absolute Gasteiger partial charge is 0.393 e. The van der Waals surface area contributed by atoms with E-state index in [9.17, 15) is 5.11 Å². The number of aliphatic hydroxyl groups excluding tert-OH is 1. The van der Waals surface area contributed by atoms with Gasteiger partial charge in [0.25, 0.3) is 0 Å². The first-order chi connectivity index (χ1) is 12.2. The molecular formula is C17H25N7O.